The Kier molecular flexibility index (Phi) is 5.30. The second-order valence-electron chi connectivity index (χ2n) is 6.65. The van der Waals surface area contributed by atoms with Gasteiger partial charge < -0.3 is 10.1 Å². The molecule has 1 aliphatic heterocycles. The van der Waals surface area contributed by atoms with E-state index in [0.717, 1.165) is 58.6 Å². The number of thioether (sulfide) groups is 1. The zero-order valence-corrected chi connectivity index (χ0v) is 16.1. The first-order valence-corrected chi connectivity index (χ1v) is 10.1. The van der Waals surface area contributed by atoms with Gasteiger partial charge in [-0.3, -0.25) is 4.79 Å². The molecule has 27 heavy (non-hydrogen) atoms. The summed E-state index contributed by atoms with van der Waals surface area (Å²) in [6.45, 7) is 0.771. The summed E-state index contributed by atoms with van der Waals surface area (Å²) in [4.78, 5) is 17.2. The first-order chi connectivity index (χ1) is 13.2. The summed E-state index contributed by atoms with van der Waals surface area (Å²) < 4.78 is 5.38. The molecular formula is C22H22N2O2S. The summed E-state index contributed by atoms with van der Waals surface area (Å²) in [5, 5.41) is 4.87. The highest BCUT2D eigenvalue weighted by Gasteiger charge is 2.23. The summed E-state index contributed by atoms with van der Waals surface area (Å²) in [5.74, 6) is 0.898. The van der Waals surface area contributed by atoms with Crippen LogP contribution in [0.4, 0.5) is 0 Å². The van der Waals surface area contributed by atoms with Crippen molar-refractivity contribution < 1.29 is 9.53 Å². The van der Waals surface area contributed by atoms with Gasteiger partial charge in [-0.05, 0) is 42.2 Å². The molecule has 4 nitrogen and oxygen atoms in total. The molecule has 0 saturated carbocycles. The molecule has 1 atom stereocenters. The summed E-state index contributed by atoms with van der Waals surface area (Å²) in [6, 6.07) is 18.4. The maximum atomic E-state index is 12.4. The van der Waals surface area contributed by atoms with Gasteiger partial charge >= 0.3 is 0 Å². The topological polar surface area (TPSA) is 51.2 Å². The van der Waals surface area contributed by atoms with Crippen molar-refractivity contribution in [3.8, 4) is 16.9 Å². The number of amides is 1. The number of methoxy groups -OCH3 is 1. The summed E-state index contributed by atoms with van der Waals surface area (Å²) in [7, 11) is 1.66. The minimum Gasteiger partial charge on any atom is -0.497 e. The van der Waals surface area contributed by atoms with Crippen LogP contribution in [-0.2, 0) is 4.79 Å². The molecule has 0 aliphatic carbocycles. The van der Waals surface area contributed by atoms with Crippen molar-refractivity contribution in [2.75, 3.05) is 13.7 Å². The number of nitrogens with one attached hydrogen (secondary N) is 1. The molecule has 1 unspecified atom stereocenters. The number of pyridine rings is 1. The highest BCUT2D eigenvalue weighted by Crippen LogP contribution is 2.35. The number of rotatable bonds is 4. The van der Waals surface area contributed by atoms with E-state index in [4.69, 9.17) is 9.72 Å². The number of aromatic nitrogens is 1. The largest absolute Gasteiger partial charge is 0.497 e. The van der Waals surface area contributed by atoms with E-state index in [1.54, 1.807) is 18.9 Å². The number of ether oxygens (including phenoxy) is 1. The zero-order valence-electron chi connectivity index (χ0n) is 15.3. The van der Waals surface area contributed by atoms with Gasteiger partial charge in [0.05, 0.1) is 22.9 Å². The number of hydrogen-bond donors (Lipinski definition) is 1. The molecule has 1 saturated heterocycles. The fourth-order valence-corrected chi connectivity index (χ4v) is 4.50. The monoisotopic (exact) mass is 378 g/mol. The molecule has 2 aromatic carbocycles. The van der Waals surface area contributed by atoms with E-state index in [1.807, 2.05) is 30.3 Å². The van der Waals surface area contributed by atoms with Gasteiger partial charge in [0.2, 0.25) is 5.91 Å². The van der Waals surface area contributed by atoms with Crippen LogP contribution in [0.5, 0.6) is 5.75 Å². The van der Waals surface area contributed by atoms with E-state index in [2.05, 4.69) is 29.6 Å². The molecule has 3 aromatic rings. The molecule has 1 amide bonds. The first kappa shape index (κ1) is 17.9. The van der Waals surface area contributed by atoms with Crippen LogP contribution in [0.15, 0.2) is 59.6 Å². The second kappa shape index (κ2) is 8.01. The van der Waals surface area contributed by atoms with E-state index in [1.165, 1.54) is 0 Å². The molecule has 1 aromatic heterocycles. The Bertz CT molecular complexity index is 959. The summed E-state index contributed by atoms with van der Waals surface area (Å²) in [5.41, 5.74) is 3.15. The minimum atomic E-state index is -0.0910. The van der Waals surface area contributed by atoms with Crippen molar-refractivity contribution >= 4 is 28.6 Å². The molecule has 0 radical (unpaired) electrons. The van der Waals surface area contributed by atoms with Crippen LogP contribution in [0.2, 0.25) is 0 Å². The maximum absolute atomic E-state index is 12.4. The van der Waals surface area contributed by atoms with Crippen molar-refractivity contribution in [1.29, 1.82) is 0 Å². The first-order valence-electron chi connectivity index (χ1n) is 9.23. The summed E-state index contributed by atoms with van der Waals surface area (Å²) >= 11 is 1.56. The lowest BCUT2D eigenvalue weighted by Crippen LogP contribution is -2.30. The van der Waals surface area contributed by atoms with Gasteiger partial charge in [-0.25, -0.2) is 4.98 Å². The van der Waals surface area contributed by atoms with E-state index in [-0.39, 0.29) is 11.2 Å². The Hall–Kier alpha value is -2.53. The average molecular weight is 378 g/mol. The Labute approximate surface area is 163 Å². The number of benzene rings is 2. The number of nitrogens with zero attached hydrogens (tertiary/aromatic N) is 1. The standard InChI is InChI=1S/C22H22N2O2S/c1-26-16-10-11-17-18(15-7-3-2-4-8-15)14-21(24-19(17)13-16)27-20-9-5-6-12-23-22(20)25/h2-4,7-8,10-11,13-14,20H,5-6,9,12H2,1H3,(H,23,25). The molecule has 1 aliphatic rings. The van der Waals surface area contributed by atoms with E-state index < -0.39 is 0 Å². The van der Waals surface area contributed by atoms with Crippen LogP contribution in [0, 0.1) is 0 Å². The van der Waals surface area contributed by atoms with Crippen molar-refractivity contribution in [1.82, 2.24) is 10.3 Å². The Morgan fingerprint density at radius 3 is 2.78 bits per heavy atom. The Morgan fingerprint density at radius 1 is 1.11 bits per heavy atom. The van der Waals surface area contributed by atoms with Gasteiger partial charge in [-0.1, -0.05) is 48.5 Å². The van der Waals surface area contributed by atoms with Gasteiger partial charge in [0.15, 0.2) is 0 Å². The highest BCUT2D eigenvalue weighted by molar-refractivity contribution is 8.00. The second-order valence-corrected chi connectivity index (χ2v) is 7.87. The third-order valence-electron chi connectivity index (χ3n) is 4.83. The van der Waals surface area contributed by atoms with Crippen LogP contribution in [-0.4, -0.2) is 29.8 Å². The molecule has 5 heteroatoms. The fraction of sp³-hybridized carbons (Fsp3) is 0.273. The molecule has 4 rings (SSSR count). The lowest BCUT2D eigenvalue weighted by atomic mass is 10.0. The predicted molar refractivity (Wildman–Crippen MR) is 110 cm³/mol. The third-order valence-corrected chi connectivity index (χ3v) is 6.01. The lowest BCUT2D eigenvalue weighted by Gasteiger charge is -2.15. The predicted octanol–water partition coefficient (Wildman–Crippen LogP) is 4.67. The van der Waals surface area contributed by atoms with Crippen LogP contribution < -0.4 is 10.1 Å². The van der Waals surface area contributed by atoms with E-state index in [9.17, 15) is 4.79 Å². The molecule has 1 fully saturated rings. The number of carbonyl (C=O) groups excluding carboxylic acids is 1. The molecule has 2 heterocycles. The van der Waals surface area contributed by atoms with E-state index in [0.29, 0.717) is 0 Å². The summed E-state index contributed by atoms with van der Waals surface area (Å²) in [6.07, 6.45) is 2.98. The van der Waals surface area contributed by atoms with Crippen molar-refractivity contribution in [3.05, 3.63) is 54.6 Å². The minimum absolute atomic E-state index is 0.0910. The Morgan fingerprint density at radius 2 is 1.96 bits per heavy atom. The zero-order chi connectivity index (χ0) is 18.6. The molecule has 1 N–H and O–H groups in total. The van der Waals surface area contributed by atoms with Crippen molar-refractivity contribution in [3.63, 3.8) is 0 Å². The number of fused-ring (bicyclic) bond motifs is 1. The highest BCUT2D eigenvalue weighted by atomic mass is 32.2. The van der Waals surface area contributed by atoms with Crippen LogP contribution in [0.3, 0.4) is 0 Å². The van der Waals surface area contributed by atoms with Crippen molar-refractivity contribution in [2.45, 2.75) is 29.5 Å². The number of carbonyl (C=O) groups is 1. The molecule has 0 bridgehead atoms. The SMILES string of the molecule is COc1ccc2c(-c3ccccc3)cc(SC3CCCCNC3=O)nc2c1. The van der Waals surface area contributed by atoms with Crippen LogP contribution in [0.25, 0.3) is 22.0 Å². The van der Waals surface area contributed by atoms with Gasteiger partial charge in [-0.15, -0.1) is 0 Å². The Balaban J connectivity index is 1.79. The van der Waals surface area contributed by atoms with Crippen LogP contribution >= 0.6 is 11.8 Å². The van der Waals surface area contributed by atoms with Crippen molar-refractivity contribution in [2.24, 2.45) is 0 Å². The third kappa shape index (κ3) is 3.93. The van der Waals surface area contributed by atoms with Gasteiger partial charge in [-0.2, -0.15) is 0 Å². The molecular weight excluding hydrogens is 356 g/mol. The fourth-order valence-electron chi connectivity index (χ4n) is 3.40. The average Bonchev–Trinajstić information content (AvgIpc) is 2.91. The van der Waals surface area contributed by atoms with E-state index >= 15 is 0 Å². The van der Waals surface area contributed by atoms with Gasteiger partial charge in [0.25, 0.3) is 0 Å². The quantitative estimate of drug-likeness (QED) is 0.717. The van der Waals surface area contributed by atoms with Crippen LogP contribution in [0.1, 0.15) is 19.3 Å². The lowest BCUT2D eigenvalue weighted by molar-refractivity contribution is -0.120. The van der Waals surface area contributed by atoms with Gasteiger partial charge in [0.1, 0.15) is 5.75 Å². The van der Waals surface area contributed by atoms with Gasteiger partial charge in [0, 0.05) is 18.0 Å². The number of hydrogen-bond acceptors (Lipinski definition) is 4. The molecule has 138 valence electrons. The smallest absolute Gasteiger partial charge is 0.233 e. The molecule has 0 spiro atoms. The maximum Gasteiger partial charge on any atom is 0.233 e. The normalized spacial score (nSPS) is 17.4.